The molecule has 0 bridgehead atoms. The number of hydrogen-bond donors (Lipinski definition) is 1. The SMILES string of the molecule is CC(NCc1cscn1)c1csc(Cl)c1. The molecule has 15 heavy (non-hydrogen) atoms. The van der Waals surface area contributed by atoms with Crippen molar-refractivity contribution in [2.45, 2.75) is 19.5 Å². The lowest BCUT2D eigenvalue weighted by molar-refractivity contribution is 0.570. The molecule has 5 heteroatoms. The van der Waals surface area contributed by atoms with Gasteiger partial charge in [0, 0.05) is 18.0 Å². The number of thiophene rings is 1. The second kappa shape index (κ2) is 5.07. The lowest BCUT2D eigenvalue weighted by atomic mass is 10.2. The molecule has 2 rings (SSSR count). The van der Waals surface area contributed by atoms with Gasteiger partial charge in [-0.2, -0.15) is 0 Å². The summed E-state index contributed by atoms with van der Waals surface area (Å²) in [5, 5.41) is 7.55. The Bertz CT molecular complexity index is 411. The molecule has 0 aliphatic rings. The first-order chi connectivity index (χ1) is 7.25. The number of rotatable bonds is 4. The minimum atomic E-state index is 0.315. The first-order valence-corrected chi connectivity index (χ1v) is 6.80. The quantitative estimate of drug-likeness (QED) is 0.904. The van der Waals surface area contributed by atoms with Crippen LogP contribution in [0.3, 0.4) is 0 Å². The van der Waals surface area contributed by atoms with Crippen molar-refractivity contribution in [1.29, 1.82) is 0 Å². The van der Waals surface area contributed by atoms with Gasteiger partial charge in [0.05, 0.1) is 15.5 Å². The lowest BCUT2D eigenvalue weighted by Gasteiger charge is -2.10. The van der Waals surface area contributed by atoms with E-state index >= 15 is 0 Å². The van der Waals surface area contributed by atoms with Crippen molar-refractivity contribution in [2.24, 2.45) is 0 Å². The highest BCUT2D eigenvalue weighted by molar-refractivity contribution is 7.14. The summed E-state index contributed by atoms with van der Waals surface area (Å²) in [5.41, 5.74) is 4.18. The van der Waals surface area contributed by atoms with Crippen LogP contribution >= 0.6 is 34.3 Å². The van der Waals surface area contributed by atoms with Gasteiger partial charge in [-0.15, -0.1) is 22.7 Å². The molecule has 0 saturated carbocycles. The fraction of sp³-hybridized carbons (Fsp3) is 0.300. The van der Waals surface area contributed by atoms with E-state index in [9.17, 15) is 0 Å². The molecule has 0 radical (unpaired) electrons. The summed E-state index contributed by atoms with van der Waals surface area (Å²) in [6.07, 6.45) is 0. The molecular formula is C10H11ClN2S2. The van der Waals surface area contributed by atoms with Crippen LogP contribution in [0, 0.1) is 0 Å². The minimum Gasteiger partial charge on any atom is -0.305 e. The maximum atomic E-state index is 5.88. The third kappa shape index (κ3) is 3.01. The topological polar surface area (TPSA) is 24.9 Å². The Hall–Kier alpha value is -0.420. The van der Waals surface area contributed by atoms with Crippen molar-refractivity contribution in [3.63, 3.8) is 0 Å². The number of nitrogens with zero attached hydrogens (tertiary/aromatic N) is 1. The monoisotopic (exact) mass is 258 g/mol. The third-order valence-corrected chi connectivity index (χ3v) is 3.91. The van der Waals surface area contributed by atoms with E-state index in [-0.39, 0.29) is 0 Å². The van der Waals surface area contributed by atoms with Crippen LogP contribution in [0.2, 0.25) is 4.34 Å². The number of nitrogens with one attached hydrogen (secondary N) is 1. The van der Waals surface area contributed by atoms with Crippen LogP contribution in [-0.4, -0.2) is 4.98 Å². The standard InChI is InChI=1S/C10H11ClN2S2/c1-7(8-2-10(11)15-4-8)12-3-9-5-14-6-13-9/h2,4-7,12H,3H2,1H3. The molecule has 2 aromatic rings. The fourth-order valence-corrected chi connectivity index (χ4v) is 2.79. The van der Waals surface area contributed by atoms with Gasteiger partial charge >= 0.3 is 0 Å². The largest absolute Gasteiger partial charge is 0.305 e. The maximum Gasteiger partial charge on any atom is 0.0931 e. The molecule has 0 fully saturated rings. The van der Waals surface area contributed by atoms with Crippen LogP contribution in [-0.2, 0) is 6.54 Å². The Labute approximate surface area is 102 Å². The van der Waals surface area contributed by atoms with Gasteiger partial charge in [-0.3, -0.25) is 0 Å². The van der Waals surface area contributed by atoms with Gasteiger partial charge in [0.1, 0.15) is 0 Å². The van der Waals surface area contributed by atoms with Gasteiger partial charge in [-0.25, -0.2) is 4.98 Å². The highest BCUT2D eigenvalue weighted by Gasteiger charge is 2.07. The number of hydrogen-bond acceptors (Lipinski definition) is 4. The third-order valence-electron chi connectivity index (χ3n) is 2.16. The molecule has 80 valence electrons. The molecule has 0 aliphatic carbocycles. The Balaban J connectivity index is 1.90. The lowest BCUT2D eigenvalue weighted by Crippen LogP contribution is -2.17. The van der Waals surface area contributed by atoms with Crippen LogP contribution in [0.25, 0.3) is 0 Å². The second-order valence-corrected chi connectivity index (χ2v) is 5.53. The summed E-state index contributed by atoms with van der Waals surface area (Å²) in [4.78, 5) is 4.22. The molecule has 0 saturated heterocycles. The van der Waals surface area contributed by atoms with Crippen molar-refractivity contribution < 1.29 is 0 Å². The maximum absolute atomic E-state index is 5.88. The predicted octanol–water partition coefficient (Wildman–Crippen LogP) is 3.71. The average Bonchev–Trinajstić information content (AvgIpc) is 2.84. The first kappa shape index (κ1) is 11.1. The molecule has 1 atom stereocenters. The molecule has 2 heterocycles. The second-order valence-electron chi connectivity index (χ2n) is 3.27. The summed E-state index contributed by atoms with van der Waals surface area (Å²) in [6.45, 7) is 2.93. The van der Waals surface area contributed by atoms with Gasteiger partial charge in [0.25, 0.3) is 0 Å². The fourth-order valence-electron chi connectivity index (χ4n) is 1.25. The number of aromatic nitrogens is 1. The summed E-state index contributed by atoms with van der Waals surface area (Å²) < 4.78 is 0.840. The summed E-state index contributed by atoms with van der Waals surface area (Å²) in [6, 6.07) is 2.32. The van der Waals surface area contributed by atoms with Crippen molar-refractivity contribution in [3.8, 4) is 0 Å². The van der Waals surface area contributed by atoms with Gasteiger partial charge < -0.3 is 5.32 Å². The van der Waals surface area contributed by atoms with Crippen LogP contribution < -0.4 is 5.32 Å². The molecular weight excluding hydrogens is 248 g/mol. The van der Waals surface area contributed by atoms with E-state index in [1.807, 2.05) is 11.6 Å². The summed E-state index contributed by atoms with van der Waals surface area (Å²) >= 11 is 9.07. The smallest absolute Gasteiger partial charge is 0.0931 e. The average molecular weight is 259 g/mol. The Kier molecular flexibility index (Phi) is 3.75. The number of halogens is 1. The van der Waals surface area contributed by atoms with Gasteiger partial charge in [0.2, 0.25) is 0 Å². The molecule has 2 nitrogen and oxygen atoms in total. The van der Waals surface area contributed by atoms with E-state index < -0.39 is 0 Å². The van der Waals surface area contributed by atoms with Crippen LogP contribution in [0.5, 0.6) is 0 Å². The first-order valence-electron chi connectivity index (χ1n) is 4.60. The molecule has 1 N–H and O–H groups in total. The number of thiazole rings is 1. The minimum absolute atomic E-state index is 0.315. The van der Waals surface area contributed by atoms with Gasteiger partial charge in [-0.1, -0.05) is 11.6 Å². The molecule has 0 aromatic carbocycles. The highest BCUT2D eigenvalue weighted by atomic mass is 35.5. The van der Waals surface area contributed by atoms with Crippen LogP contribution in [0.15, 0.2) is 22.3 Å². The summed E-state index contributed by atoms with van der Waals surface area (Å²) in [7, 11) is 0. The van der Waals surface area contributed by atoms with E-state index in [1.54, 1.807) is 22.7 Å². The highest BCUT2D eigenvalue weighted by Crippen LogP contribution is 2.24. The molecule has 2 aromatic heterocycles. The normalized spacial score (nSPS) is 12.9. The van der Waals surface area contributed by atoms with E-state index in [4.69, 9.17) is 11.6 Å². The van der Waals surface area contributed by atoms with Crippen molar-refractivity contribution in [1.82, 2.24) is 10.3 Å². The van der Waals surface area contributed by atoms with Gasteiger partial charge in [-0.05, 0) is 23.9 Å². The van der Waals surface area contributed by atoms with Crippen molar-refractivity contribution in [2.75, 3.05) is 0 Å². The molecule has 0 amide bonds. The zero-order chi connectivity index (χ0) is 10.7. The molecule has 0 spiro atoms. The van der Waals surface area contributed by atoms with Crippen molar-refractivity contribution >= 4 is 34.3 Å². The van der Waals surface area contributed by atoms with Gasteiger partial charge in [0.15, 0.2) is 0 Å². The molecule has 0 aliphatic heterocycles. The van der Waals surface area contributed by atoms with E-state index in [0.29, 0.717) is 6.04 Å². The Morgan fingerprint density at radius 2 is 2.40 bits per heavy atom. The Morgan fingerprint density at radius 1 is 1.53 bits per heavy atom. The zero-order valence-electron chi connectivity index (χ0n) is 8.24. The van der Waals surface area contributed by atoms with E-state index in [1.165, 1.54) is 5.56 Å². The summed E-state index contributed by atoms with van der Waals surface area (Å²) in [5.74, 6) is 0. The van der Waals surface area contributed by atoms with Crippen molar-refractivity contribution in [3.05, 3.63) is 37.9 Å². The van der Waals surface area contributed by atoms with Crippen LogP contribution in [0.1, 0.15) is 24.2 Å². The predicted molar refractivity (Wildman–Crippen MR) is 66.7 cm³/mol. The van der Waals surface area contributed by atoms with E-state index in [0.717, 1.165) is 16.6 Å². The Morgan fingerprint density at radius 3 is 3.00 bits per heavy atom. The zero-order valence-corrected chi connectivity index (χ0v) is 10.6. The van der Waals surface area contributed by atoms with E-state index in [2.05, 4.69) is 28.0 Å². The molecule has 1 unspecified atom stereocenters. The van der Waals surface area contributed by atoms with Crippen LogP contribution in [0.4, 0.5) is 0 Å².